The van der Waals surface area contributed by atoms with E-state index in [0.29, 0.717) is 13.1 Å². The summed E-state index contributed by atoms with van der Waals surface area (Å²) in [5.41, 5.74) is 1.77. The van der Waals surface area contributed by atoms with Crippen molar-refractivity contribution in [1.29, 1.82) is 0 Å². The van der Waals surface area contributed by atoms with E-state index in [1.807, 2.05) is 30.3 Å². The number of carbonyl (C=O) groups excluding carboxylic acids is 1. The van der Waals surface area contributed by atoms with Gasteiger partial charge in [-0.2, -0.15) is 0 Å². The molecule has 2 aliphatic rings. The highest BCUT2D eigenvalue weighted by Crippen LogP contribution is 2.36. The van der Waals surface area contributed by atoms with Crippen molar-refractivity contribution in [3.05, 3.63) is 35.9 Å². The van der Waals surface area contributed by atoms with Gasteiger partial charge in [0.2, 0.25) is 5.91 Å². The number of carbonyl (C=O) groups is 1. The van der Waals surface area contributed by atoms with Crippen molar-refractivity contribution in [2.24, 2.45) is 5.16 Å². The molecule has 0 aromatic heterocycles. The van der Waals surface area contributed by atoms with E-state index in [1.54, 1.807) is 4.90 Å². The van der Waals surface area contributed by atoms with Gasteiger partial charge in [-0.05, 0) is 21.0 Å². The Balaban J connectivity index is 1.59. The molecule has 1 aromatic carbocycles. The quantitative estimate of drug-likeness (QED) is 0.788. The number of oxime groups is 1. The van der Waals surface area contributed by atoms with Crippen molar-refractivity contribution in [2.45, 2.75) is 24.9 Å². The Hall–Kier alpha value is -1.82. The minimum Gasteiger partial charge on any atom is -0.388 e. The number of amides is 1. The molecule has 23 heavy (non-hydrogen) atoms. The van der Waals surface area contributed by atoms with E-state index < -0.39 is 9.52 Å². The molecular formula is C17H22N2O3S. The summed E-state index contributed by atoms with van der Waals surface area (Å²) in [5, 5.41) is 4.27. The third-order valence-corrected chi connectivity index (χ3v) is 5.26. The largest absolute Gasteiger partial charge is 0.388 e. The van der Waals surface area contributed by atoms with Gasteiger partial charge in [-0.25, -0.2) is 0 Å². The fourth-order valence-corrected chi connectivity index (χ4v) is 3.80. The number of rotatable bonds is 3. The van der Waals surface area contributed by atoms with Crippen LogP contribution in [0, 0.1) is 0 Å². The Labute approximate surface area is 137 Å². The lowest BCUT2D eigenvalue weighted by Crippen LogP contribution is -2.48. The standard InChI is InChI=1S/C17H22N2O3S/c1-23(2,21)13-16(20)19-10-8-17(9-11-19)12-15(18-22-17)14-6-4-3-5-7-14/h3-7H,1,8-13H2,2H3. The first-order chi connectivity index (χ1) is 10.9. The van der Waals surface area contributed by atoms with Gasteiger partial charge in [0.05, 0.1) is 11.5 Å². The van der Waals surface area contributed by atoms with Crippen LogP contribution in [-0.4, -0.2) is 57.3 Å². The van der Waals surface area contributed by atoms with Gasteiger partial charge < -0.3 is 9.74 Å². The number of hydrogen-bond donors (Lipinski definition) is 0. The minimum atomic E-state index is -2.29. The highest BCUT2D eigenvalue weighted by atomic mass is 32.2. The molecule has 1 unspecified atom stereocenters. The summed E-state index contributed by atoms with van der Waals surface area (Å²) in [5.74, 6) is 3.50. The van der Waals surface area contributed by atoms with Crippen LogP contribution in [0.2, 0.25) is 0 Å². The first-order valence-corrected chi connectivity index (χ1v) is 10.1. The number of likely N-dealkylation sites (tertiary alicyclic amines) is 1. The van der Waals surface area contributed by atoms with Crippen molar-refractivity contribution in [3.8, 4) is 0 Å². The number of nitrogens with zero attached hydrogens (tertiary/aromatic N) is 2. The molecule has 2 aliphatic heterocycles. The van der Waals surface area contributed by atoms with Gasteiger partial charge in [0.15, 0.2) is 0 Å². The van der Waals surface area contributed by atoms with E-state index in [0.717, 1.165) is 30.5 Å². The first kappa shape index (κ1) is 16.1. The van der Waals surface area contributed by atoms with Crippen LogP contribution in [0.25, 0.3) is 0 Å². The van der Waals surface area contributed by atoms with Crippen LogP contribution in [0.4, 0.5) is 0 Å². The maximum Gasteiger partial charge on any atom is 0.234 e. The lowest BCUT2D eigenvalue weighted by Gasteiger charge is -2.37. The van der Waals surface area contributed by atoms with E-state index in [4.69, 9.17) is 4.84 Å². The molecule has 1 fully saturated rings. The van der Waals surface area contributed by atoms with Crippen molar-refractivity contribution in [2.75, 3.05) is 25.1 Å². The van der Waals surface area contributed by atoms with Gasteiger partial charge >= 0.3 is 0 Å². The van der Waals surface area contributed by atoms with E-state index in [2.05, 4.69) is 11.0 Å². The van der Waals surface area contributed by atoms with Crippen molar-refractivity contribution >= 4 is 27.0 Å². The van der Waals surface area contributed by atoms with Crippen molar-refractivity contribution < 1.29 is 13.8 Å². The third-order valence-electron chi connectivity index (χ3n) is 4.40. The molecule has 0 saturated carbocycles. The molecule has 2 heterocycles. The van der Waals surface area contributed by atoms with Gasteiger partial charge in [0.25, 0.3) is 0 Å². The summed E-state index contributed by atoms with van der Waals surface area (Å²) in [7, 11) is -2.29. The molecule has 6 heteroatoms. The van der Waals surface area contributed by atoms with Crippen LogP contribution in [0.15, 0.2) is 35.5 Å². The van der Waals surface area contributed by atoms with Crippen LogP contribution in [-0.2, 0) is 19.2 Å². The van der Waals surface area contributed by atoms with Gasteiger partial charge in [-0.15, -0.1) is 0 Å². The summed E-state index contributed by atoms with van der Waals surface area (Å²) in [4.78, 5) is 19.7. The normalized spacial score (nSPS) is 22.3. The molecule has 0 bridgehead atoms. The molecule has 124 valence electrons. The van der Waals surface area contributed by atoms with Crippen LogP contribution in [0.1, 0.15) is 24.8 Å². The van der Waals surface area contributed by atoms with E-state index in [1.165, 1.54) is 6.26 Å². The van der Waals surface area contributed by atoms with Crippen LogP contribution < -0.4 is 0 Å². The Kier molecular flexibility index (Phi) is 4.19. The number of piperidine rings is 1. The summed E-state index contributed by atoms with van der Waals surface area (Å²) >= 11 is 0. The lowest BCUT2D eigenvalue weighted by molar-refractivity contribution is -0.134. The average Bonchev–Trinajstić information content (AvgIpc) is 2.91. The van der Waals surface area contributed by atoms with E-state index in [-0.39, 0.29) is 17.3 Å². The van der Waals surface area contributed by atoms with Gasteiger partial charge in [-0.3, -0.25) is 9.00 Å². The number of benzene rings is 1. The third kappa shape index (κ3) is 3.75. The zero-order chi connectivity index (χ0) is 16.5. The Morgan fingerprint density at radius 2 is 2.00 bits per heavy atom. The molecule has 0 N–H and O–H groups in total. The van der Waals surface area contributed by atoms with E-state index >= 15 is 0 Å². The van der Waals surface area contributed by atoms with Crippen LogP contribution in [0.3, 0.4) is 0 Å². The topological polar surface area (TPSA) is 59.0 Å². The predicted octanol–water partition coefficient (Wildman–Crippen LogP) is 1.52. The molecule has 1 saturated heterocycles. The first-order valence-electron chi connectivity index (χ1n) is 7.75. The maximum atomic E-state index is 12.1. The monoisotopic (exact) mass is 334 g/mol. The van der Waals surface area contributed by atoms with Crippen molar-refractivity contribution in [3.63, 3.8) is 0 Å². The lowest BCUT2D eigenvalue weighted by atomic mass is 9.85. The molecular weight excluding hydrogens is 312 g/mol. The molecule has 1 atom stereocenters. The molecule has 1 spiro atoms. The van der Waals surface area contributed by atoms with Crippen molar-refractivity contribution in [1.82, 2.24) is 4.90 Å². The van der Waals surface area contributed by atoms with Crippen LogP contribution in [0.5, 0.6) is 0 Å². The summed E-state index contributed by atoms with van der Waals surface area (Å²) in [6.45, 7) is 1.23. The van der Waals surface area contributed by atoms with E-state index in [9.17, 15) is 9.00 Å². The van der Waals surface area contributed by atoms with Gasteiger partial charge in [0.1, 0.15) is 5.60 Å². The Bertz CT molecular complexity index is 717. The average molecular weight is 334 g/mol. The second-order valence-corrected chi connectivity index (χ2v) is 9.22. The maximum absolute atomic E-state index is 12.1. The Morgan fingerprint density at radius 3 is 2.61 bits per heavy atom. The zero-order valence-electron chi connectivity index (χ0n) is 13.4. The zero-order valence-corrected chi connectivity index (χ0v) is 14.2. The fraction of sp³-hybridized carbons (Fsp3) is 0.471. The fourth-order valence-electron chi connectivity index (χ4n) is 3.09. The molecule has 1 aromatic rings. The number of hydrogen-bond acceptors (Lipinski definition) is 4. The van der Waals surface area contributed by atoms with Gasteiger partial charge in [0, 0.05) is 38.6 Å². The highest BCUT2D eigenvalue weighted by Gasteiger charge is 2.43. The summed E-state index contributed by atoms with van der Waals surface area (Å²) in [6, 6.07) is 10.0. The molecule has 0 radical (unpaired) electrons. The Morgan fingerprint density at radius 1 is 1.35 bits per heavy atom. The van der Waals surface area contributed by atoms with Crippen LogP contribution >= 0.6 is 0 Å². The molecule has 3 rings (SSSR count). The van der Waals surface area contributed by atoms with Gasteiger partial charge in [-0.1, -0.05) is 35.5 Å². The summed E-state index contributed by atoms with van der Waals surface area (Å²) < 4.78 is 11.7. The molecule has 5 nitrogen and oxygen atoms in total. The smallest absolute Gasteiger partial charge is 0.234 e. The summed E-state index contributed by atoms with van der Waals surface area (Å²) in [6.07, 6.45) is 3.80. The SMILES string of the molecule is C=S(C)(=O)CC(=O)N1CCC2(CC1)CC(c1ccccc1)=NO2. The minimum absolute atomic E-state index is 0.0205. The second kappa shape index (κ2) is 6.00. The predicted molar refractivity (Wildman–Crippen MR) is 93.3 cm³/mol. The molecule has 1 amide bonds. The second-order valence-electron chi connectivity index (χ2n) is 6.56. The highest BCUT2D eigenvalue weighted by molar-refractivity contribution is 8.00. The molecule has 0 aliphatic carbocycles.